The molecule has 0 rings (SSSR count). The largest absolute Gasteiger partial charge is 0.309 e. The summed E-state index contributed by atoms with van der Waals surface area (Å²) in [6.45, 7) is 10.6. The normalized spacial score (nSPS) is 12.2. The maximum atomic E-state index is 7.67. The van der Waals surface area contributed by atoms with E-state index in [1.165, 1.54) is 0 Å². The molecular formula is C9H19N. The molecule has 0 aromatic carbocycles. The van der Waals surface area contributed by atoms with Crippen LogP contribution >= 0.6 is 0 Å². The lowest BCUT2D eigenvalue weighted by Gasteiger charge is -2.20. The standard InChI is InChI=1S/C9H19N/c1-7(2)6-8(10)9(3,4)5/h7,10H,6H2,1-5H3. The Balaban J connectivity index is 3.87. The van der Waals surface area contributed by atoms with E-state index in [-0.39, 0.29) is 5.41 Å². The van der Waals surface area contributed by atoms with Gasteiger partial charge in [0.2, 0.25) is 0 Å². The molecule has 0 aromatic heterocycles. The zero-order chi connectivity index (χ0) is 8.36. The zero-order valence-corrected chi connectivity index (χ0v) is 7.78. The monoisotopic (exact) mass is 141 g/mol. The van der Waals surface area contributed by atoms with E-state index in [1.54, 1.807) is 0 Å². The van der Waals surface area contributed by atoms with Crippen LogP contribution in [0.1, 0.15) is 41.0 Å². The fourth-order valence-electron chi connectivity index (χ4n) is 0.714. The number of hydrogen-bond acceptors (Lipinski definition) is 1. The van der Waals surface area contributed by atoms with Gasteiger partial charge in [-0.05, 0) is 17.8 Å². The summed E-state index contributed by atoms with van der Waals surface area (Å²) in [5, 5.41) is 7.67. The van der Waals surface area contributed by atoms with Crippen molar-refractivity contribution in [2.24, 2.45) is 11.3 Å². The molecule has 1 nitrogen and oxygen atoms in total. The minimum Gasteiger partial charge on any atom is -0.309 e. The topological polar surface area (TPSA) is 23.9 Å². The van der Waals surface area contributed by atoms with Crippen molar-refractivity contribution in [1.29, 1.82) is 5.41 Å². The van der Waals surface area contributed by atoms with Gasteiger partial charge in [0, 0.05) is 5.71 Å². The number of nitrogens with one attached hydrogen (secondary N) is 1. The summed E-state index contributed by atoms with van der Waals surface area (Å²) in [6.07, 6.45) is 0.934. The molecule has 0 spiro atoms. The van der Waals surface area contributed by atoms with Crippen LogP contribution in [0, 0.1) is 16.7 Å². The summed E-state index contributed by atoms with van der Waals surface area (Å²) in [4.78, 5) is 0. The van der Waals surface area contributed by atoms with Crippen LogP contribution in [0.4, 0.5) is 0 Å². The first-order chi connectivity index (χ1) is 4.34. The van der Waals surface area contributed by atoms with E-state index in [2.05, 4.69) is 34.6 Å². The van der Waals surface area contributed by atoms with E-state index in [0.29, 0.717) is 5.92 Å². The quantitative estimate of drug-likeness (QED) is 0.571. The molecular weight excluding hydrogens is 122 g/mol. The van der Waals surface area contributed by atoms with Gasteiger partial charge in [-0.15, -0.1) is 0 Å². The highest BCUT2D eigenvalue weighted by molar-refractivity contribution is 5.86. The first-order valence-electron chi connectivity index (χ1n) is 3.92. The second-order valence-corrected chi connectivity index (χ2v) is 4.33. The van der Waals surface area contributed by atoms with Crippen LogP contribution in [0.5, 0.6) is 0 Å². The Morgan fingerprint density at radius 2 is 1.70 bits per heavy atom. The van der Waals surface area contributed by atoms with Crippen LogP contribution in [-0.4, -0.2) is 5.71 Å². The molecule has 60 valence electrons. The molecule has 10 heavy (non-hydrogen) atoms. The molecule has 0 heterocycles. The van der Waals surface area contributed by atoms with Gasteiger partial charge in [-0.2, -0.15) is 0 Å². The molecule has 0 amide bonds. The summed E-state index contributed by atoms with van der Waals surface area (Å²) in [5.74, 6) is 0.617. The molecule has 0 radical (unpaired) electrons. The van der Waals surface area contributed by atoms with E-state index in [1.807, 2.05) is 0 Å². The van der Waals surface area contributed by atoms with Crippen molar-refractivity contribution >= 4 is 5.71 Å². The van der Waals surface area contributed by atoms with Gasteiger partial charge in [-0.3, -0.25) is 0 Å². The van der Waals surface area contributed by atoms with E-state index in [0.717, 1.165) is 12.1 Å². The molecule has 1 heteroatoms. The zero-order valence-electron chi connectivity index (χ0n) is 7.78. The van der Waals surface area contributed by atoms with Crippen molar-refractivity contribution in [1.82, 2.24) is 0 Å². The Hall–Kier alpha value is -0.330. The van der Waals surface area contributed by atoms with E-state index in [4.69, 9.17) is 5.41 Å². The molecule has 0 fully saturated rings. The smallest absolute Gasteiger partial charge is 0.0145 e. The van der Waals surface area contributed by atoms with Crippen LogP contribution in [0.2, 0.25) is 0 Å². The lowest BCUT2D eigenvalue weighted by molar-refractivity contribution is 0.546. The molecule has 0 atom stereocenters. The van der Waals surface area contributed by atoms with Crippen LogP contribution in [0.15, 0.2) is 0 Å². The minimum atomic E-state index is 0.0737. The van der Waals surface area contributed by atoms with Gasteiger partial charge in [0.25, 0.3) is 0 Å². The third kappa shape index (κ3) is 3.65. The number of rotatable bonds is 2. The van der Waals surface area contributed by atoms with Crippen molar-refractivity contribution in [3.05, 3.63) is 0 Å². The third-order valence-corrected chi connectivity index (χ3v) is 1.52. The van der Waals surface area contributed by atoms with E-state index < -0.39 is 0 Å². The van der Waals surface area contributed by atoms with Gasteiger partial charge in [0.15, 0.2) is 0 Å². The summed E-state index contributed by atoms with van der Waals surface area (Å²) in [6, 6.07) is 0. The molecule has 0 aliphatic carbocycles. The fourth-order valence-corrected chi connectivity index (χ4v) is 0.714. The predicted octanol–water partition coefficient (Wildman–Crippen LogP) is 3.10. The molecule has 0 aliphatic rings. The molecule has 0 saturated heterocycles. The third-order valence-electron chi connectivity index (χ3n) is 1.52. The second-order valence-electron chi connectivity index (χ2n) is 4.33. The Labute approximate surface area is 64.3 Å². The van der Waals surface area contributed by atoms with Gasteiger partial charge in [0.1, 0.15) is 0 Å². The summed E-state index contributed by atoms with van der Waals surface area (Å²) in [7, 11) is 0. The van der Waals surface area contributed by atoms with Gasteiger partial charge in [-0.1, -0.05) is 34.6 Å². The summed E-state index contributed by atoms with van der Waals surface area (Å²) in [5.41, 5.74) is 0.937. The molecule has 1 N–H and O–H groups in total. The highest BCUT2D eigenvalue weighted by Crippen LogP contribution is 2.19. The summed E-state index contributed by atoms with van der Waals surface area (Å²) >= 11 is 0. The average molecular weight is 141 g/mol. The maximum Gasteiger partial charge on any atom is 0.0145 e. The van der Waals surface area contributed by atoms with Gasteiger partial charge in [-0.25, -0.2) is 0 Å². The first kappa shape index (κ1) is 9.67. The second kappa shape index (κ2) is 3.18. The lowest BCUT2D eigenvalue weighted by Crippen LogP contribution is -2.20. The minimum absolute atomic E-state index is 0.0737. The van der Waals surface area contributed by atoms with Crippen molar-refractivity contribution in [3.8, 4) is 0 Å². The van der Waals surface area contributed by atoms with Gasteiger partial charge >= 0.3 is 0 Å². The highest BCUT2D eigenvalue weighted by atomic mass is 14.5. The van der Waals surface area contributed by atoms with Crippen molar-refractivity contribution in [2.75, 3.05) is 0 Å². The fraction of sp³-hybridized carbons (Fsp3) is 0.889. The van der Waals surface area contributed by atoms with E-state index >= 15 is 0 Å². The molecule has 0 aromatic rings. The van der Waals surface area contributed by atoms with Crippen LogP contribution in [-0.2, 0) is 0 Å². The predicted molar refractivity (Wildman–Crippen MR) is 46.6 cm³/mol. The molecule has 0 aliphatic heterocycles. The van der Waals surface area contributed by atoms with Crippen molar-refractivity contribution in [2.45, 2.75) is 41.0 Å². The Morgan fingerprint density at radius 1 is 1.30 bits per heavy atom. The summed E-state index contributed by atoms with van der Waals surface area (Å²) < 4.78 is 0. The first-order valence-corrected chi connectivity index (χ1v) is 3.92. The SMILES string of the molecule is CC(C)CC(=N)C(C)(C)C. The lowest BCUT2D eigenvalue weighted by atomic mass is 9.85. The number of hydrogen-bond donors (Lipinski definition) is 1. The highest BCUT2D eigenvalue weighted by Gasteiger charge is 2.17. The van der Waals surface area contributed by atoms with Crippen LogP contribution in [0.3, 0.4) is 0 Å². The Bertz CT molecular complexity index is 117. The Morgan fingerprint density at radius 3 is 1.80 bits per heavy atom. The maximum absolute atomic E-state index is 7.67. The van der Waals surface area contributed by atoms with Crippen LogP contribution < -0.4 is 0 Å². The van der Waals surface area contributed by atoms with Crippen molar-refractivity contribution in [3.63, 3.8) is 0 Å². The molecule has 0 saturated carbocycles. The molecule has 0 unspecified atom stereocenters. The average Bonchev–Trinajstić information content (AvgIpc) is 1.60. The van der Waals surface area contributed by atoms with Crippen molar-refractivity contribution < 1.29 is 0 Å². The van der Waals surface area contributed by atoms with Gasteiger partial charge < -0.3 is 5.41 Å². The molecule has 0 bridgehead atoms. The Kier molecular flexibility index (Phi) is 3.07. The van der Waals surface area contributed by atoms with E-state index in [9.17, 15) is 0 Å². The van der Waals surface area contributed by atoms with Crippen LogP contribution in [0.25, 0.3) is 0 Å². The van der Waals surface area contributed by atoms with Gasteiger partial charge in [0.05, 0.1) is 0 Å².